The summed E-state index contributed by atoms with van der Waals surface area (Å²) in [7, 11) is 0. The first-order valence-corrected chi connectivity index (χ1v) is 14.5. The molecule has 1 unspecified atom stereocenters. The van der Waals surface area contributed by atoms with Gasteiger partial charge in [-0.3, -0.25) is 0 Å². The van der Waals surface area contributed by atoms with Crippen LogP contribution in [0.4, 0.5) is 4.79 Å². The normalized spacial score (nSPS) is 11.7. The standard InChI is InChI=1S/C30H44ClNO7/c1-3-4-5-6-7-8-9-10-11-15-20-36-26-22-32-28(27(26)31)29(33)38-24(2)39-30(34)37-21-16-19-35-23-25-17-13-12-14-18-25/h12-14,17-18,22,24,32H,3-11,15-16,19-21,23H2,1-2H3. The van der Waals surface area contributed by atoms with E-state index in [-0.39, 0.29) is 17.3 Å². The molecule has 218 valence electrons. The predicted octanol–water partition coefficient (Wildman–Crippen LogP) is 8.23. The fraction of sp³-hybridized carbons (Fsp3) is 0.600. The Kier molecular flexibility index (Phi) is 16.9. The minimum atomic E-state index is -1.16. The third-order valence-electron chi connectivity index (χ3n) is 6.04. The Labute approximate surface area is 237 Å². The van der Waals surface area contributed by atoms with Gasteiger partial charge in [-0.2, -0.15) is 0 Å². The first-order chi connectivity index (χ1) is 19.0. The summed E-state index contributed by atoms with van der Waals surface area (Å²) in [5, 5.41) is 0.136. The molecule has 1 heterocycles. The van der Waals surface area contributed by atoms with Crippen molar-refractivity contribution in [2.24, 2.45) is 0 Å². The van der Waals surface area contributed by atoms with Gasteiger partial charge in [0.25, 0.3) is 0 Å². The van der Waals surface area contributed by atoms with Crippen LogP contribution in [0.3, 0.4) is 0 Å². The number of carbonyl (C=O) groups excluding carboxylic acids is 2. The van der Waals surface area contributed by atoms with E-state index in [0.717, 1.165) is 18.4 Å². The molecule has 0 spiro atoms. The van der Waals surface area contributed by atoms with E-state index in [2.05, 4.69) is 11.9 Å². The zero-order valence-corrected chi connectivity index (χ0v) is 24.1. The second-order valence-electron chi connectivity index (χ2n) is 9.45. The second-order valence-corrected chi connectivity index (χ2v) is 9.83. The van der Waals surface area contributed by atoms with Crippen molar-refractivity contribution in [2.45, 2.75) is 97.4 Å². The number of ether oxygens (including phenoxy) is 5. The van der Waals surface area contributed by atoms with Crippen LogP contribution in [-0.2, 0) is 25.6 Å². The Balaban J connectivity index is 1.54. The van der Waals surface area contributed by atoms with Gasteiger partial charge in [0.1, 0.15) is 10.7 Å². The van der Waals surface area contributed by atoms with Crippen molar-refractivity contribution < 1.29 is 33.3 Å². The van der Waals surface area contributed by atoms with Gasteiger partial charge in [0, 0.05) is 19.5 Å². The average molecular weight is 566 g/mol. The molecule has 2 aromatic rings. The highest BCUT2D eigenvalue weighted by Gasteiger charge is 2.22. The number of aromatic nitrogens is 1. The largest absolute Gasteiger partial charge is 0.511 e. The van der Waals surface area contributed by atoms with Crippen molar-refractivity contribution in [3.8, 4) is 5.75 Å². The van der Waals surface area contributed by atoms with E-state index >= 15 is 0 Å². The fourth-order valence-electron chi connectivity index (χ4n) is 3.90. The molecule has 0 radical (unpaired) electrons. The summed E-state index contributed by atoms with van der Waals surface area (Å²) in [6, 6.07) is 9.79. The number of rotatable bonds is 21. The highest BCUT2D eigenvalue weighted by molar-refractivity contribution is 6.34. The summed E-state index contributed by atoms with van der Waals surface area (Å²) in [4.78, 5) is 27.1. The molecule has 8 nitrogen and oxygen atoms in total. The molecule has 0 saturated carbocycles. The smallest absolute Gasteiger partial charge is 0.490 e. The van der Waals surface area contributed by atoms with Crippen LogP contribution in [0.2, 0.25) is 5.02 Å². The summed E-state index contributed by atoms with van der Waals surface area (Å²) in [6.07, 6.45) is 12.3. The van der Waals surface area contributed by atoms with E-state index in [1.807, 2.05) is 30.3 Å². The number of carbonyl (C=O) groups is 2. The monoisotopic (exact) mass is 565 g/mol. The molecule has 0 amide bonds. The maximum absolute atomic E-state index is 12.4. The van der Waals surface area contributed by atoms with E-state index in [1.54, 1.807) is 0 Å². The third-order valence-corrected chi connectivity index (χ3v) is 6.42. The summed E-state index contributed by atoms with van der Waals surface area (Å²) >= 11 is 6.29. The van der Waals surface area contributed by atoms with Crippen molar-refractivity contribution in [1.82, 2.24) is 4.98 Å². The lowest BCUT2D eigenvalue weighted by molar-refractivity contribution is -0.0828. The number of esters is 1. The number of aromatic amines is 1. The van der Waals surface area contributed by atoms with Crippen LogP contribution in [0.25, 0.3) is 0 Å². The lowest BCUT2D eigenvalue weighted by Crippen LogP contribution is -2.23. The van der Waals surface area contributed by atoms with Crippen LogP contribution in [0, 0.1) is 0 Å². The molecule has 1 atom stereocenters. The van der Waals surface area contributed by atoms with E-state index < -0.39 is 18.4 Å². The van der Waals surface area contributed by atoms with E-state index in [9.17, 15) is 9.59 Å². The zero-order chi connectivity index (χ0) is 28.1. The van der Waals surface area contributed by atoms with Crippen molar-refractivity contribution >= 4 is 23.7 Å². The number of H-pyrrole nitrogens is 1. The first-order valence-electron chi connectivity index (χ1n) is 14.2. The first kappa shape index (κ1) is 32.5. The summed E-state index contributed by atoms with van der Waals surface area (Å²) < 4.78 is 26.4. The van der Waals surface area contributed by atoms with E-state index in [1.165, 1.54) is 64.5 Å². The molecule has 9 heteroatoms. The van der Waals surface area contributed by atoms with Gasteiger partial charge >= 0.3 is 12.1 Å². The molecule has 1 aromatic carbocycles. The molecule has 39 heavy (non-hydrogen) atoms. The average Bonchev–Trinajstić information content (AvgIpc) is 3.29. The number of hydrogen-bond donors (Lipinski definition) is 1. The molecule has 0 fully saturated rings. The molecule has 2 rings (SSSR count). The Morgan fingerprint density at radius 1 is 0.846 bits per heavy atom. The highest BCUT2D eigenvalue weighted by atomic mass is 35.5. The number of halogens is 1. The molecule has 0 aliphatic carbocycles. The molecule has 0 aliphatic rings. The van der Waals surface area contributed by atoms with Gasteiger partial charge in [0.15, 0.2) is 5.75 Å². The second kappa shape index (κ2) is 20.2. The fourth-order valence-corrected chi connectivity index (χ4v) is 4.14. The third kappa shape index (κ3) is 14.3. The minimum absolute atomic E-state index is 0.0362. The summed E-state index contributed by atoms with van der Waals surface area (Å²) in [5.74, 6) is -0.370. The van der Waals surface area contributed by atoms with Crippen LogP contribution in [0.5, 0.6) is 5.75 Å². The Morgan fingerprint density at radius 3 is 2.21 bits per heavy atom. The molecule has 1 aromatic heterocycles. The van der Waals surface area contributed by atoms with Crippen LogP contribution in [0.1, 0.15) is 101 Å². The number of hydrogen-bond acceptors (Lipinski definition) is 7. The van der Waals surface area contributed by atoms with Gasteiger partial charge in [-0.1, -0.05) is 107 Å². The summed E-state index contributed by atoms with van der Waals surface area (Å²) in [6.45, 7) is 5.22. The SMILES string of the molecule is CCCCCCCCCCCCOc1c[nH]c(C(=O)OC(C)OC(=O)OCCCOCc2ccccc2)c1Cl. The molecule has 0 aliphatic heterocycles. The zero-order valence-electron chi connectivity index (χ0n) is 23.4. The Morgan fingerprint density at radius 2 is 1.51 bits per heavy atom. The maximum atomic E-state index is 12.4. The van der Waals surface area contributed by atoms with Crippen LogP contribution >= 0.6 is 11.6 Å². The predicted molar refractivity (Wildman–Crippen MR) is 151 cm³/mol. The minimum Gasteiger partial charge on any atom is -0.490 e. The lowest BCUT2D eigenvalue weighted by Gasteiger charge is -2.13. The maximum Gasteiger partial charge on any atom is 0.511 e. The quantitative estimate of drug-likeness (QED) is 0.0924. The van der Waals surface area contributed by atoms with Crippen LogP contribution in [0.15, 0.2) is 36.5 Å². The topological polar surface area (TPSA) is 96.1 Å². The summed E-state index contributed by atoms with van der Waals surface area (Å²) in [5.41, 5.74) is 1.11. The lowest BCUT2D eigenvalue weighted by atomic mass is 10.1. The highest BCUT2D eigenvalue weighted by Crippen LogP contribution is 2.29. The van der Waals surface area contributed by atoms with Gasteiger partial charge < -0.3 is 28.7 Å². The number of benzene rings is 1. The van der Waals surface area contributed by atoms with Crippen LogP contribution < -0.4 is 4.74 Å². The van der Waals surface area contributed by atoms with Gasteiger partial charge in [-0.25, -0.2) is 9.59 Å². The van der Waals surface area contributed by atoms with Crippen molar-refractivity contribution in [3.05, 3.63) is 52.8 Å². The van der Waals surface area contributed by atoms with E-state index in [0.29, 0.717) is 32.0 Å². The number of unbranched alkanes of at least 4 members (excludes halogenated alkanes) is 9. The van der Waals surface area contributed by atoms with Gasteiger partial charge in [0.2, 0.25) is 6.29 Å². The molecule has 1 N–H and O–H groups in total. The van der Waals surface area contributed by atoms with Crippen molar-refractivity contribution in [3.63, 3.8) is 0 Å². The van der Waals surface area contributed by atoms with Gasteiger partial charge in [0.05, 0.1) is 26.4 Å². The molecule has 0 saturated heterocycles. The Bertz CT molecular complexity index is 935. The molecule has 0 bridgehead atoms. The molecular weight excluding hydrogens is 522 g/mol. The van der Waals surface area contributed by atoms with Gasteiger partial charge in [-0.05, 0) is 12.0 Å². The molecular formula is C30H44ClNO7. The van der Waals surface area contributed by atoms with E-state index in [4.69, 9.17) is 35.3 Å². The van der Waals surface area contributed by atoms with Gasteiger partial charge in [-0.15, -0.1) is 0 Å². The Hall–Kier alpha value is -2.71. The number of nitrogens with one attached hydrogen (secondary N) is 1. The van der Waals surface area contributed by atoms with Crippen molar-refractivity contribution in [1.29, 1.82) is 0 Å². The van der Waals surface area contributed by atoms with Crippen molar-refractivity contribution in [2.75, 3.05) is 19.8 Å². The van der Waals surface area contributed by atoms with Crippen LogP contribution in [-0.4, -0.2) is 43.2 Å².